The topological polar surface area (TPSA) is 58.6 Å². The molecule has 0 aliphatic rings. The number of methoxy groups -OCH3 is 1. The number of rotatable bonds is 13. The Kier molecular flexibility index (Phi) is 13.1. The Morgan fingerprint density at radius 2 is 1.48 bits per heavy atom. The number of esters is 1. The SMILES string of the molecule is COC(=O)CCCCCCCCC(=O)NCCCN(C)C. The lowest BCUT2D eigenvalue weighted by Gasteiger charge is -2.09. The molecule has 5 heteroatoms. The Morgan fingerprint density at radius 1 is 0.905 bits per heavy atom. The van der Waals surface area contributed by atoms with Crippen LogP contribution in [0.15, 0.2) is 0 Å². The summed E-state index contributed by atoms with van der Waals surface area (Å²) in [6, 6.07) is 0. The molecule has 0 atom stereocenters. The summed E-state index contributed by atoms with van der Waals surface area (Å²) in [7, 11) is 5.49. The standard InChI is InChI=1S/C16H32N2O3/c1-18(2)14-10-13-17-15(19)11-8-6-4-5-7-9-12-16(20)21-3/h4-14H2,1-3H3,(H,17,19). The number of nitrogens with one attached hydrogen (secondary N) is 1. The van der Waals surface area contributed by atoms with Crippen LogP contribution in [0.25, 0.3) is 0 Å². The van der Waals surface area contributed by atoms with Crippen LogP contribution in [-0.4, -0.2) is 51.1 Å². The Hall–Kier alpha value is -1.10. The van der Waals surface area contributed by atoms with Gasteiger partial charge in [0.25, 0.3) is 0 Å². The number of carbonyl (C=O) groups is 2. The number of nitrogens with zero attached hydrogens (tertiary/aromatic N) is 1. The number of carbonyl (C=O) groups excluding carboxylic acids is 2. The molecule has 0 saturated heterocycles. The molecule has 0 rings (SSSR count). The van der Waals surface area contributed by atoms with E-state index >= 15 is 0 Å². The minimum Gasteiger partial charge on any atom is -0.469 e. The summed E-state index contributed by atoms with van der Waals surface area (Å²) in [6.45, 7) is 1.77. The van der Waals surface area contributed by atoms with Gasteiger partial charge in [-0.15, -0.1) is 0 Å². The predicted octanol–water partition coefficient (Wildman–Crippen LogP) is 2.35. The van der Waals surface area contributed by atoms with Crippen molar-refractivity contribution in [1.29, 1.82) is 0 Å². The van der Waals surface area contributed by atoms with E-state index in [-0.39, 0.29) is 11.9 Å². The van der Waals surface area contributed by atoms with Gasteiger partial charge in [-0.25, -0.2) is 0 Å². The number of ether oxygens (including phenoxy) is 1. The van der Waals surface area contributed by atoms with Crippen LogP contribution in [0.2, 0.25) is 0 Å². The molecule has 0 aliphatic heterocycles. The van der Waals surface area contributed by atoms with Gasteiger partial charge >= 0.3 is 5.97 Å². The molecule has 0 unspecified atom stereocenters. The minimum absolute atomic E-state index is 0.124. The Balaban J connectivity index is 3.23. The van der Waals surface area contributed by atoms with Gasteiger partial charge in [0.05, 0.1) is 7.11 Å². The Labute approximate surface area is 129 Å². The molecule has 0 fully saturated rings. The van der Waals surface area contributed by atoms with E-state index in [0.29, 0.717) is 12.8 Å². The summed E-state index contributed by atoms with van der Waals surface area (Å²) < 4.78 is 4.59. The van der Waals surface area contributed by atoms with E-state index in [1.165, 1.54) is 7.11 Å². The van der Waals surface area contributed by atoms with Crippen molar-refractivity contribution < 1.29 is 14.3 Å². The molecule has 0 bridgehead atoms. The first-order valence-electron chi connectivity index (χ1n) is 8.04. The van der Waals surface area contributed by atoms with Gasteiger partial charge in [0.15, 0.2) is 0 Å². The van der Waals surface area contributed by atoms with E-state index < -0.39 is 0 Å². The second-order valence-corrected chi connectivity index (χ2v) is 5.70. The lowest BCUT2D eigenvalue weighted by atomic mass is 10.1. The molecule has 0 aromatic rings. The molecule has 1 N–H and O–H groups in total. The summed E-state index contributed by atoms with van der Waals surface area (Å²) in [5, 5.41) is 2.95. The van der Waals surface area contributed by atoms with E-state index in [1.54, 1.807) is 0 Å². The van der Waals surface area contributed by atoms with Gasteiger partial charge in [-0.3, -0.25) is 9.59 Å². The first-order valence-corrected chi connectivity index (χ1v) is 8.04. The van der Waals surface area contributed by atoms with Gasteiger partial charge in [0, 0.05) is 19.4 Å². The van der Waals surface area contributed by atoms with Crippen molar-refractivity contribution >= 4 is 11.9 Å². The molecule has 0 aromatic carbocycles. The molecule has 124 valence electrons. The van der Waals surface area contributed by atoms with Crippen molar-refractivity contribution in [2.24, 2.45) is 0 Å². The average molecular weight is 300 g/mol. The van der Waals surface area contributed by atoms with Crippen molar-refractivity contribution in [2.45, 2.75) is 57.8 Å². The third-order valence-corrected chi connectivity index (χ3v) is 3.37. The third-order valence-electron chi connectivity index (χ3n) is 3.37. The molecule has 1 amide bonds. The van der Waals surface area contributed by atoms with Crippen LogP contribution in [0.5, 0.6) is 0 Å². The van der Waals surface area contributed by atoms with Crippen molar-refractivity contribution in [3.63, 3.8) is 0 Å². The molecule has 21 heavy (non-hydrogen) atoms. The smallest absolute Gasteiger partial charge is 0.305 e. The Bertz CT molecular complexity index is 281. The second-order valence-electron chi connectivity index (χ2n) is 5.70. The molecule has 0 saturated carbocycles. The van der Waals surface area contributed by atoms with Gasteiger partial charge in [0.1, 0.15) is 0 Å². The maximum atomic E-state index is 11.6. The highest BCUT2D eigenvalue weighted by Crippen LogP contribution is 2.08. The van der Waals surface area contributed by atoms with Crippen LogP contribution in [-0.2, 0) is 14.3 Å². The summed E-state index contributed by atoms with van der Waals surface area (Å²) in [4.78, 5) is 24.6. The first kappa shape index (κ1) is 19.9. The first-order chi connectivity index (χ1) is 10.1. The van der Waals surface area contributed by atoms with Gasteiger partial charge in [-0.05, 0) is 39.9 Å². The molecule has 0 radical (unpaired) electrons. The van der Waals surface area contributed by atoms with Crippen molar-refractivity contribution in [3.8, 4) is 0 Å². The lowest BCUT2D eigenvalue weighted by molar-refractivity contribution is -0.140. The zero-order valence-electron chi connectivity index (χ0n) is 14.0. The molecule has 0 heterocycles. The summed E-state index contributed by atoms with van der Waals surface area (Å²) in [6.07, 6.45) is 8.41. The molecular weight excluding hydrogens is 268 g/mol. The fourth-order valence-electron chi connectivity index (χ4n) is 2.08. The lowest BCUT2D eigenvalue weighted by Crippen LogP contribution is -2.26. The van der Waals surface area contributed by atoms with Gasteiger partial charge in [-0.2, -0.15) is 0 Å². The highest BCUT2D eigenvalue weighted by Gasteiger charge is 2.01. The maximum absolute atomic E-state index is 11.6. The number of hydrogen-bond donors (Lipinski definition) is 1. The van der Waals surface area contributed by atoms with Crippen molar-refractivity contribution in [1.82, 2.24) is 10.2 Å². The quantitative estimate of drug-likeness (QED) is 0.419. The fraction of sp³-hybridized carbons (Fsp3) is 0.875. The van der Waals surface area contributed by atoms with Crippen LogP contribution in [0, 0.1) is 0 Å². The number of amides is 1. The van der Waals surface area contributed by atoms with Crippen molar-refractivity contribution in [2.75, 3.05) is 34.3 Å². The molecule has 5 nitrogen and oxygen atoms in total. The van der Waals surface area contributed by atoms with Crippen LogP contribution in [0.4, 0.5) is 0 Å². The van der Waals surface area contributed by atoms with Gasteiger partial charge in [0.2, 0.25) is 5.91 Å². The fourth-order valence-corrected chi connectivity index (χ4v) is 2.08. The van der Waals surface area contributed by atoms with E-state index in [2.05, 4.69) is 15.0 Å². The van der Waals surface area contributed by atoms with Gasteiger partial charge in [-0.1, -0.05) is 25.7 Å². The molecule has 0 spiro atoms. The van der Waals surface area contributed by atoms with Gasteiger partial charge < -0.3 is 15.0 Å². The summed E-state index contributed by atoms with van der Waals surface area (Å²) in [5.74, 6) is 0.0420. The Morgan fingerprint density at radius 3 is 2.05 bits per heavy atom. The highest BCUT2D eigenvalue weighted by atomic mass is 16.5. The van der Waals surface area contributed by atoms with E-state index in [0.717, 1.165) is 58.0 Å². The zero-order chi connectivity index (χ0) is 15.9. The maximum Gasteiger partial charge on any atom is 0.305 e. The van der Waals surface area contributed by atoms with Crippen LogP contribution >= 0.6 is 0 Å². The van der Waals surface area contributed by atoms with E-state index in [4.69, 9.17) is 0 Å². The molecule has 0 aliphatic carbocycles. The minimum atomic E-state index is -0.124. The monoisotopic (exact) mass is 300 g/mol. The number of unbranched alkanes of at least 4 members (excludes halogenated alkanes) is 5. The van der Waals surface area contributed by atoms with Crippen LogP contribution < -0.4 is 5.32 Å². The molecular formula is C16H32N2O3. The predicted molar refractivity (Wildman–Crippen MR) is 85.1 cm³/mol. The second kappa shape index (κ2) is 13.9. The normalized spacial score (nSPS) is 10.7. The molecule has 0 aromatic heterocycles. The third kappa shape index (κ3) is 15.1. The summed E-state index contributed by atoms with van der Waals surface area (Å²) >= 11 is 0. The van der Waals surface area contributed by atoms with E-state index in [1.807, 2.05) is 14.1 Å². The summed E-state index contributed by atoms with van der Waals surface area (Å²) in [5.41, 5.74) is 0. The highest BCUT2D eigenvalue weighted by molar-refractivity contribution is 5.75. The van der Waals surface area contributed by atoms with Crippen molar-refractivity contribution in [3.05, 3.63) is 0 Å². The van der Waals surface area contributed by atoms with E-state index in [9.17, 15) is 9.59 Å². The average Bonchev–Trinajstić information content (AvgIpc) is 2.45. The zero-order valence-corrected chi connectivity index (χ0v) is 14.0. The van der Waals surface area contributed by atoms with Crippen LogP contribution in [0.1, 0.15) is 57.8 Å². The number of hydrogen-bond acceptors (Lipinski definition) is 4. The van der Waals surface area contributed by atoms with Crippen LogP contribution in [0.3, 0.4) is 0 Å². The largest absolute Gasteiger partial charge is 0.469 e.